The Bertz CT molecular complexity index is 808. The molecule has 6 nitrogen and oxygen atoms in total. The maximum Gasteiger partial charge on any atom is 0.191 e. The van der Waals surface area contributed by atoms with Gasteiger partial charge in [-0.25, -0.2) is 9.67 Å². The van der Waals surface area contributed by atoms with Crippen molar-refractivity contribution in [2.75, 3.05) is 13.1 Å². The van der Waals surface area contributed by atoms with Crippen LogP contribution in [-0.2, 0) is 13.0 Å². The number of halogens is 3. The highest BCUT2D eigenvalue weighted by Crippen LogP contribution is 2.23. The van der Waals surface area contributed by atoms with Crippen LogP contribution in [0.15, 0.2) is 23.2 Å². The maximum atomic E-state index is 6.24. The second-order valence-electron chi connectivity index (χ2n) is 6.68. The quantitative estimate of drug-likeness (QED) is 0.246. The van der Waals surface area contributed by atoms with Gasteiger partial charge in [-0.05, 0) is 57.2 Å². The van der Waals surface area contributed by atoms with Gasteiger partial charge in [0.2, 0.25) is 0 Å². The smallest absolute Gasteiger partial charge is 0.191 e. The lowest BCUT2D eigenvalue weighted by atomic mass is 10.1. The van der Waals surface area contributed by atoms with Crippen LogP contribution in [0.5, 0.6) is 0 Å². The molecule has 1 aromatic heterocycles. The number of nitrogens with one attached hydrogen (secondary N) is 2. The molecule has 1 aliphatic rings. The molecule has 3 rings (SSSR count). The Hall–Kier alpha value is -1.06. The predicted octanol–water partition coefficient (Wildman–Crippen LogP) is 4.53. The zero-order valence-electron chi connectivity index (χ0n) is 16.2. The Morgan fingerprint density at radius 3 is 2.93 bits per heavy atom. The summed E-state index contributed by atoms with van der Waals surface area (Å²) in [6.07, 6.45) is 3.90. The van der Waals surface area contributed by atoms with Crippen LogP contribution in [0.3, 0.4) is 0 Å². The number of rotatable bonds is 6. The summed E-state index contributed by atoms with van der Waals surface area (Å²) in [6, 6.07) is 5.78. The second-order valence-corrected chi connectivity index (χ2v) is 7.52. The summed E-state index contributed by atoms with van der Waals surface area (Å²) >= 11 is 12.2. The Kier molecular flexibility index (Phi) is 9.30. The molecular weight excluding hydrogens is 510 g/mol. The Balaban J connectivity index is 0.00000280. The minimum atomic E-state index is 0. The third kappa shape index (κ3) is 6.22. The summed E-state index contributed by atoms with van der Waals surface area (Å²) in [6.45, 7) is 6.46. The maximum absolute atomic E-state index is 6.24. The van der Waals surface area contributed by atoms with Gasteiger partial charge >= 0.3 is 0 Å². The molecule has 2 N–H and O–H groups in total. The van der Waals surface area contributed by atoms with Crippen LogP contribution >= 0.6 is 47.2 Å². The first-order valence-corrected chi connectivity index (χ1v) is 10.2. The molecule has 0 fully saturated rings. The molecule has 0 saturated heterocycles. The molecule has 0 saturated carbocycles. The van der Waals surface area contributed by atoms with E-state index in [1.807, 2.05) is 23.7 Å². The van der Waals surface area contributed by atoms with Crippen molar-refractivity contribution in [3.8, 4) is 0 Å². The number of guanidine groups is 1. The van der Waals surface area contributed by atoms with Crippen molar-refractivity contribution in [2.45, 2.75) is 52.1 Å². The normalized spacial score (nSPS) is 16.3. The standard InChI is InChI=1S/C19H26Cl2N6.HI/c1-3-22-19(23-10-4-6-14-8-9-15(20)12-16(14)21)25-17-7-5-11-27-18(17)24-13(2)26-27;/h8-9,12,17H,3-7,10-11H2,1-2H3,(H2,22,23,25);1H. The van der Waals surface area contributed by atoms with Gasteiger partial charge in [0.1, 0.15) is 11.6 Å². The number of fused-ring (bicyclic) bond motifs is 1. The van der Waals surface area contributed by atoms with Crippen LogP contribution in [0, 0.1) is 6.92 Å². The van der Waals surface area contributed by atoms with E-state index in [1.54, 1.807) is 6.07 Å². The highest BCUT2D eigenvalue weighted by Gasteiger charge is 2.24. The van der Waals surface area contributed by atoms with Crippen LogP contribution in [0.1, 0.15) is 49.4 Å². The Morgan fingerprint density at radius 2 is 2.18 bits per heavy atom. The fourth-order valence-corrected chi connectivity index (χ4v) is 3.78. The van der Waals surface area contributed by atoms with Crippen molar-refractivity contribution >= 4 is 53.1 Å². The minimum absolute atomic E-state index is 0. The number of hydrogen-bond acceptors (Lipinski definition) is 3. The molecular formula is C19H27Cl2IN6. The van der Waals surface area contributed by atoms with Crippen molar-refractivity contribution in [3.63, 3.8) is 0 Å². The molecule has 2 aromatic rings. The third-order valence-corrected chi connectivity index (χ3v) is 5.11. The van der Waals surface area contributed by atoms with Gasteiger partial charge in [0.15, 0.2) is 5.96 Å². The first-order valence-electron chi connectivity index (χ1n) is 9.47. The van der Waals surface area contributed by atoms with Gasteiger partial charge in [-0.2, -0.15) is 5.10 Å². The van der Waals surface area contributed by atoms with Crippen molar-refractivity contribution in [2.24, 2.45) is 4.99 Å². The van der Waals surface area contributed by atoms with Crippen molar-refractivity contribution in [1.82, 2.24) is 25.4 Å². The topological polar surface area (TPSA) is 67.1 Å². The lowest BCUT2D eigenvalue weighted by Gasteiger charge is -2.25. The molecule has 1 unspecified atom stereocenters. The van der Waals surface area contributed by atoms with Crippen molar-refractivity contribution in [3.05, 3.63) is 45.5 Å². The highest BCUT2D eigenvalue weighted by molar-refractivity contribution is 14.0. The van der Waals surface area contributed by atoms with Gasteiger partial charge in [0.05, 0.1) is 6.04 Å². The molecule has 9 heteroatoms. The molecule has 1 aliphatic heterocycles. The van der Waals surface area contributed by atoms with Crippen molar-refractivity contribution < 1.29 is 0 Å². The van der Waals surface area contributed by atoms with Crippen LogP contribution in [0.4, 0.5) is 0 Å². The van der Waals surface area contributed by atoms with Crippen LogP contribution < -0.4 is 10.6 Å². The SMILES string of the molecule is CCNC(=NCCCc1ccc(Cl)cc1Cl)NC1CCCn2nc(C)nc21.I. The number of nitrogens with zero attached hydrogens (tertiary/aromatic N) is 4. The number of benzene rings is 1. The lowest BCUT2D eigenvalue weighted by Crippen LogP contribution is -2.41. The average Bonchev–Trinajstić information content (AvgIpc) is 3.01. The minimum Gasteiger partial charge on any atom is -0.357 e. The van der Waals surface area contributed by atoms with E-state index in [0.29, 0.717) is 16.6 Å². The number of aliphatic imine (C=N–C) groups is 1. The number of aryl methyl sites for hydroxylation is 3. The van der Waals surface area contributed by atoms with E-state index in [2.05, 4.69) is 27.6 Å². The van der Waals surface area contributed by atoms with Crippen LogP contribution in [0.2, 0.25) is 10.0 Å². The molecule has 0 aliphatic carbocycles. The van der Waals surface area contributed by atoms with E-state index >= 15 is 0 Å². The monoisotopic (exact) mass is 536 g/mol. The largest absolute Gasteiger partial charge is 0.357 e. The van der Waals surface area contributed by atoms with E-state index in [4.69, 9.17) is 28.2 Å². The number of hydrogen-bond donors (Lipinski definition) is 2. The van der Waals surface area contributed by atoms with E-state index in [-0.39, 0.29) is 30.0 Å². The van der Waals surface area contributed by atoms with Gasteiger partial charge in [0, 0.05) is 29.7 Å². The zero-order chi connectivity index (χ0) is 19.2. The summed E-state index contributed by atoms with van der Waals surface area (Å²) in [5, 5.41) is 12.7. The lowest BCUT2D eigenvalue weighted by molar-refractivity contribution is 0.397. The highest BCUT2D eigenvalue weighted by atomic mass is 127. The Labute approximate surface area is 193 Å². The third-order valence-electron chi connectivity index (χ3n) is 4.53. The van der Waals surface area contributed by atoms with Crippen LogP contribution in [-0.4, -0.2) is 33.8 Å². The van der Waals surface area contributed by atoms with Gasteiger partial charge in [-0.15, -0.1) is 24.0 Å². The fourth-order valence-electron chi connectivity index (χ4n) is 3.27. The first kappa shape index (κ1) is 23.2. The van der Waals surface area contributed by atoms with Gasteiger partial charge in [0.25, 0.3) is 0 Å². The van der Waals surface area contributed by atoms with E-state index in [1.165, 1.54) is 0 Å². The van der Waals surface area contributed by atoms with Gasteiger partial charge in [-0.3, -0.25) is 4.99 Å². The van der Waals surface area contributed by atoms with E-state index in [0.717, 1.165) is 61.9 Å². The molecule has 2 heterocycles. The molecule has 0 amide bonds. The van der Waals surface area contributed by atoms with E-state index in [9.17, 15) is 0 Å². The Morgan fingerprint density at radius 1 is 1.36 bits per heavy atom. The molecule has 0 spiro atoms. The van der Waals surface area contributed by atoms with Gasteiger partial charge in [-0.1, -0.05) is 29.3 Å². The summed E-state index contributed by atoms with van der Waals surface area (Å²) in [7, 11) is 0. The fraction of sp³-hybridized carbons (Fsp3) is 0.526. The molecule has 0 radical (unpaired) electrons. The molecule has 28 heavy (non-hydrogen) atoms. The summed E-state index contributed by atoms with van der Waals surface area (Å²) in [5.41, 5.74) is 1.10. The zero-order valence-corrected chi connectivity index (χ0v) is 20.1. The molecule has 1 atom stereocenters. The molecule has 1 aromatic carbocycles. The summed E-state index contributed by atoms with van der Waals surface area (Å²) in [4.78, 5) is 9.30. The number of aromatic nitrogens is 3. The van der Waals surface area contributed by atoms with Crippen molar-refractivity contribution in [1.29, 1.82) is 0 Å². The van der Waals surface area contributed by atoms with Crippen LogP contribution in [0.25, 0.3) is 0 Å². The summed E-state index contributed by atoms with van der Waals surface area (Å²) in [5.74, 6) is 2.64. The summed E-state index contributed by atoms with van der Waals surface area (Å²) < 4.78 is 2.00. The first-order chi connectivity index (χ1) is 13.1. The molecule has 154 valence electrons. The average molecular weight is 537 g/mol. The van der Waals surface area contributed by atoms with E-state index < -0.39 is 0 Å². The van der Waals surface area contributed by atoms with Gasteiger partial charge < -0.3 is 10.6 Å². The second kappa shape index (κ2) is 11.2. The molecule has 0 bridgehead atoms. The predicted molar refractivity (Wildman–Crippen MR) is 126 cm³/mol.